The van der Waals surface area contributed by atoms with Gasteiger partial charge in [0.1, 0.15) is 29.4 Å². The van der Waals surface area contributed by atoms with Gasteiger partial charge in [-0.2, -0.15) is 5.26 Å². The van der Waals surface area contributed by atoms with Gasteiger partial charge in [0.15, 0.2) is 0 Å². The number of fused-ring (bicyclic) bond motifs is 2. The lowest BCUT2D eigenvalue weighted by molar-refractivity contribution is 0.0158. The number of piperazine rings is 1. The molecule has 1 aliphatic carbocycles. The third-order valence-electron chi connectivity index (χ3n) is 7.07. The smallest absolute Gasteiger partial charge is 0.410 e. The summed E-state index contributed by atoms with van der Waals surface area (Å²) in [6.45, 7) is 10.5. The van der Waals surface area contributed by atoms with E-state index in [9.17, 15) is 10.1 Å². The molecule has 2 aromatic heterocycles. The lowest BCUT2D eigenvalue weighted by atomic mass is 9.66. The number of nitrogens with zero attached hydrogens (tertiary/aromatic N) is 7. The van der Waals surface area contributed by atoms with Crippen LogP contribution < -0.4 is 9.80 Å². The summed E-state index contributed by atoms with van der Waals surface area (Å²) >= 11 is 0. The van der Waals surface area contributed by atoms with E-state index in [2.05, 4.69) is 32.8 Å². The minimum Gasteiger partial charge on any atom is -0.444 e. The van der Waals surface area contributed by atoms with Crippen molar-refractivity contribution in [3.8, 4) is 6.07 Å². The van der Waals surface area contributed by atoms with Crippen molar-refractivity contribution in [2.24, 2.45) is 0 Å². The minimum absolute atomic E-state index is 0.00178. The number of amides is 1. The quantitative estimate of drug-likeness (QED) is 0.667. The summed E-state index contributed by atoms with van der Waals surface area (Å²) < 4.78 is 5.61. The Morgan fingerprint density at radius 1 is 1.21 bits per heavy atom. The highest BCUT2D eigenvalue weighted by molar-refractivity contribution is 5.75. The van der Waals surface area contributed by atoms with Crippen molar-refractivity contribution in [3.05, 3.63) is 35.8 Å². The zero-order chi connectivity index (χ0) is 24.1. The maximum Gasteiger partial charge on any atom is 0.410 e. The van der Waals surface area contributed by atoms with E-state index in [-0.39, 0.29) is 17.6 Å². The van der Waals surface area contributed by atoms with Crippen LogP contribution in [0.3, 0.4) is 0 Å². The number of hydrogen-bond donors (Lipinski definition) is 0. The molecule has 4 heterocycles. The number of pyridine rings is 1. The molecular formula is C25H31N7O2. The summed E-state index contributed by atoms with van der Waals surface area (Å²) in [6, 6.07) is 5.75. The Kier molecular flexibility index (Phi) is 5.34. The van der Waals surface area contributed by atoms with E-state index in [1.165, 1.54) is 12.0 Å². The zero-order valence-corrected chi connectivity index (χ0v) is 20.3. The van der Waals surface area contributed by atoms with Crippen molar-refractivity contribution >= 4 is 23.5 Å². The molecule has 1 spiro atoms. The molecule has 178 valence electrons. The summed E-state index contributed by atoms with van der Waals surface area (Å²) in [5, 5.41) is 9.36. The van der Waals surface area contributed by atoms with E-state index in [1.54, 1.807) is 18.6 Å². The highest BCUT2D eigenvalue weighted by Gasteiger charge is 2.51. The van der Waals surface area contributed by atoms with E-state index >= 15 is 0 Å². The predicted octanol–water partition coefficient (Wildman–Crippen LogP) is 3.76. The Bertz CT molecular complexity index is 1150. The standard InChI is InChI=1S/C25H31N7O2/c1-17-14-30(10-11-31(17)23(33)34-24(2,3)4)21-20-22(29-16-28-21)32(15-25(20)7-5-8-25)19-12-18(13-26)6-9-27-19/h6,9,12,16-17H,5,7-8,10-11,14-15H2,1-4H3/t17-/m1/s1. The lowest BCUT2D eigenvalue weighted by Crippen LogP contribution is -2.55. The van der Waals surface area contributed by atoms with E-state index in [1.807, 2.05) is 31.7 Å². The van der Waals surface area contributed by atoms with Crippen LogP contribution in [0.2, 0.25) is 0 Å². The van der Waals surface area contributed by atoms with Crippen molar-refractivity contribution in [1.82, 2.24) is 19.9 Å². The molecule has 0 bridgehead atoms. The molecule has 9 heteroatoms. The first-order valence-electron chi connectivity index (χ1n) is 11.9. The SMILES string of the molecule is C[C@@H]1CN(c2ncnc3c2C2(CCC2)CN3c2cc(C#N)ccn2)CCN1C(=O)OC(C)(C)C. The minimum atomic E-state index is -0.516. The van der Waals surface area contributed by atoms with E-state index in [0.29, 0.717) is 25.2 Å². The summed E-state index contributed by atoms with van der Waals surface area (Å²) in [5.74, 6) is 2.59. The molecule has 34 heavy (non-hydrogen) atoms. The first-order chi connectivity index (χ1) is 16.2. The molecule has 5 rings (SSSR count). The monoisotopic (exact) mass is 461 g/mol. The van der Waals surface area contributed by atoms with Gasteiger partial charge >= 0.3 is 6.09 Å². The van der Waals surface area contributed by atoms with Crippen LogP contribution in [-0.4, -0.2) is 63.8 Å². The number of carbonyl (C=O) groups excluding carboxylic acids is 1. The van der Waals surface area contributed by atoms with Crippen LogP contribution >= 0.6 is 0 Å². The zero-order valence-electron chi connectivity index (χ0n) is 20.3. The van der Waals surface area contributed by atoms with Crippen LogP contribution in [-0.2, 0) is 10.2 Å². The Hall–Kier alpha value is -3.41. The Labute approximate surface area is 200 Å². The molecule has 2 fully saturated rings. The number of nitriles is 1. The van der Waals surface area contributed by atoms with Crippen LogP contribution in [0, 0.1) is 11.3 Å². The lowest BCUT2D eigenvalue weighted by Gasteiger charge is -2.43. The van der Waals surface area contributed by atoms with Crippen LogP contribution in [0.15, 0.2) is 24.7 Å². The maximum absolute atomic E-state index is 12.7. The van der Waals surface area contributed by atoms with Crippen molar-refractivity contribution in [3.63, 3.8) is 0 Å². The number of carbonyl (C=O) groups is 1. The average Bonchev–Trinajstić information content (AvgIpc) is 3.14. The number of ether oxygens (including phenoxy) is 1. The predicted molar refractivity (Wildman–Crippen MR) is 128 cm³/mol. The first-order valence-corrected chi connectivity index (χ1v) is 11.9. The van der Waals surface area contributed by atoms with E-state index < -0.39 is 5.60 Å². The number of rotatable bonds is 2. The van der Waals surface area contributed by atoms with Gasteiger partial charge in [-0.05, 0) is 52.7 Å². The van der Waals surface area contributed by atoms with Gasteiger partial charge in [-0.25, -0.2) is 19.7 Å². The van der Waals surface area contributed by atoms with Crippen molar-refractivity contribution in [2.75, 3.05) is 36.0 Å². The molecule has 2 aromatic rings. The summed E-state index contributed by atoms with van der Waals surface area (Å²) in [4.78, 5) is 32.9. The Morgan fingerprint density at radius 2 is 1.97 bits per heavy atom. The average molecular weight is 462 g/mol. The van der Waals surface area contributed by atoms with Gasteiger partial charge in [0.05, 0.1) is 11.6 Å². The maximum atomic E-state index is 12.7. The van der Waals surface area contributed by atoms with Crippen LogP contribution in [0.1, 0.15) is 58.1 Å². The molecule has 2 aliphatic heterocycles. The van der Waals surface area contributed by atoms with Crippen LogP contribution in [0.25, 0.3) is 0 Å². The fourth-order valence-electron chi connectivity index (χ4n) is 5.32. The third kappa shape index (κ3) is 3.81. The summed E-state index contributed by atoms with van der Waals surface area (Å²) in [5.41, 5.74) is 1.26. The van der Waals surface area contributed by atoms with Crippen molar-refractivity contribution < 1.29 is 9.53 Å². The topological polar surface area (TPSA) is 98.5 Å². The number of hydrogen-bond acceptors (Lipinski definition) is 8. The van der Waals surface area contributed by atoms with E-state index in [4.69, 9.17) is 9.72 Å². The van der Waals surface area contributed by atoms with Gasteiger partial charge in [-0.15, -0.1) is 0 Å². The van der Waals surface area contributed by atoms with Crippen molar-refractivity contribution in [1.29, 1.82) is 5.26 Å². The molecule has 0 unspecified atom stereocenters. The van der Waals surface area contributed by atoms with Gasteiger partial charge in [0.25, 0.3) is 0 Å². The highest BCUT2D eigenvalue weighted by atomic mass is 16.6. The molecule has 1 atom stereocenters. The molecule has 1 saturated carbocycles. The molecule has 0 N–H and O–H groups in total. The Balaban J connectivity index is 1.45. The van der Waals surface area contributed by atoms with Crippen LogP contribution in [0.5, 0.6) is 0 Å². The second-order valence-electron chi connectivity index (χ2n) is 10.6. The number of aromatic nitrogens is 3. The summed E-state index contributed by atoms with van der Waals surface area (Å²) in [7, 11) is 0. The molecule has 1 amide bonds. The van der Waals surface area contributed by atoms with E-state index in [0.717, 1.165) is 36.8 Å². The first kappa shape index (κ1) is 22.4. The van der Waals surface area contributed by atoms with Gasteiger partial charge in [0.2, 0.25) is 0 Å². The fourth-order valence-corrected chi connectivity index (χ4v) is 5.32. The molecule has 3 aliphatic rings. The van der Waals surface area contributed by atoms with Crippen molar-refractivity contribution in [2.45, 2.75) is 64.0 Å². The molecular weight excluding hydrogens is 430 g/mol. The Morgan fingerprint density at radius 3 is 2.62 bits per heavy atom. The largest absolute Gasteiger partial charge is 0.444 e. The molecule has 0 radical (unpaired) electrons. The summed E-state index contributed by atoms with van der Waals surface area (Å²) in [6.07, 6.45) is 6.38. The fraction of sp³-hybridized carbons (Fsp3) is 0.560. The normalized spacial score (nSPS) is 21.1. The molecule has 9 nitrogen and oxygen atoms in total. The second-order valence-corrected chi connectivity index (χ2v) is 10.6. The van der Waals surface area contributed by atoms with Gasteiger partial charge < -0.3 is 19.4 Å². The highest BCUT2D eigenvalue weighted by Crippen LogP contribution is 2.56. The number of anilines is 3. The second kappa shape index (κ2) is 8.12. The van der Waals surface area contributed by atoms with Gasteiger partial charge in [0, 0.05) is 49.4 Å². The third-order valence-corrected chi connectivity index (χ3v) is 7.07. The molecule has 0 aromatic carbocycles. The molecule has 1 saturated heterocycles. The van der Waals surface area contributed by atoms with Crippen LogP contribution in [0.4, 0.5) is 22.2 Å². The van der Waals surface area contributed by atoms with Gasteiger partial charge in [-0.3, -0.25) is 0 Å². The van der Waals surface area contributed by atoms with Gasteiger partial charge in [-0.1, -0.05) is 6.42 Å².